The van der Waals surface area contributed by atoms with Gasteiger partial charge in [-0.2, -0.15) is 13.2 Å². The number of hydrogen-bond donors (Lipinski definition) is 3. The normalized spacial score (nSPS) is 14.1. The first kappa shape index (κ1) is 25.1. The molecule has 1 unspecified atom stereocenters. The molecule has 0 saturated heterocycles. The van der Waals surface area contributed by atoms with Crippen molar-refractivity contribution < 1.29 is 31.2 Å². The summed E-state index contributed by atoms with van der Waals surface area (Å²) in [4.78, 5) is 24.3. The summed E-state index contributed by atoms with van der Waals surface area (Å²) in [6, 6.07) is 12.6. The Hall–Kier alpha value is -3.18. The predicted molar refractivity (Wildman–Crippen MR) is 113 cm³/mol. The maximum absolute atomic E-state index is 13.0. The first-order chi connectivity index (χ1) is 14.8. The second kappa shape index (κ2) is 9.96. The number of halogens is 3. The third-order valence-corrected chi connectivity index (χ3v) is 5.64. The molecular formula is C21H22F3N3O4S. The predicted octanol–water partition coefficient (Wildman–Crippen LogP) is 2.50. The first-order valence-corrected chi connectivity index (χ1v) is 10.9. The van der Waals surface area contributed by atoms with E-state index in [1.54, 1.807) is 30.3 Å². The Bertz CT molecular complexity index is 1100. The molecule has 2 amide bonds. The number of amides is 2. The van der Waals surface area contributed by atoms with Crippen molar-refractivity contribution in [2.75, 3.05) is 6.54 Å². The zero-order valence-corrected chi connectivity index (χ0v) is 17.8. The SMILES string of the molecule is CC(NC(=O)CCNS(=O)(=O)/C=C/c1ccccc1)(C(N)=O)c1cccc(C(F)(F)F)c1. The van der Waals surface area contributed by atoms with Gasteiger partial charge in [-0.05, 0) is 36.3 Å². The number of sulfonamides is 1. The van der Waals surface area contributed by atoms with Crippen molar-refractivity contribution in [1.82, 2.24) is 10.0 Å². The zero-order valence-electron chi connectivity index (χ0n) is 17.0. The van der Waals surface area contributed by atoms with Crippen molar-refractivity contribution in [3.63, 3.8) is 0 Å². The van der Waals surface area contributed by atoms with Crippen LogP contribution in [0.25, 0.3) is 6.08 Å². The Balaban J connectivity index is 2.03. The molecule has 0 aliphatic rings. The number of nitrogens with two attached hydrogens (primary N) is 1. The third-order valence-electron chi connectivity index (χ3n) is 4.54. The molecule has 0 aromatic heterocycles. The summed E-state index contributed by atoms with van der Waals surface area (Å²) in [5.74, 6) is -1.85. The molecule has 2 aromatic carbocycles. The van der Waals surface area contributed by atoms with Gasteiger partial charge in [0.15, 0.2) is 0 Å². The highest BCUT2D eigenvalue weighted by Crippen LogP contribution is 2.32. The van der Waals surface area contributed by atoms with E-state index in [2.05, 4.69) is 10.0 Å². The van der Waals surface area contributed by atoms with Crippen LogP contribution in [0.2, 0.25) is 0 Å². The number of rotatable bonds is 9. The van der Waals surface area contributed by atoms with Gasteiger partial charge in [-0.1, -0.05) is 42.5 Å². The topological polar surface area (TPSA) is 118 Å². The molecule has 0 spiro atoms. The summed E-state index contributed by atoms with van der Waals surface area (Å²) in [6.45, 7) is 0.875. The van der Waals surface area contributed by atoms with Gasteiger partial charge in [0.05, 0.1) is 5.56 Å². The quantitative estimate of drug-likeness (QED) is 0.523. The molecule has 0 bridgehead atoms. The van der Waals surface area contributed by atoms with Crippen LogP contribution < -0.4 is 15.8 Å². The Kier molecular flexibility index (Phi) is 7.81. The molecule has 4 N–H and O–H groups in total. The van der Waals surface area contributed by atoms with Crippen LogP contribution in [0, 0.1) is 0 Å². The van der Waals surface area contributed by atoms with Crippen LogP contribution in [0.1, 0.15) is 30.0 Å². The van der Waals surface area contributed by atoms with Gasteiger partial charge < -0.3 is 11.1 Å². The lowest BCUT2D eigenvalue weighted by Gasteiger charge is -2.28. The summed E-state index contributed by atoms with van der Waals surface area (Å²) in [6.07, 6.45) is -3.65. The summed E-state index contributed by atoms with van der Waals surface area (Å²) in [5.41, 5.74) is 2.92. The van der Waals surface area contributed by atoms with E-state index in [4.69, 9.17) is 5.73 Å². The molecule has 0 heterocycles. The maximum Gasteiger partial charge on any atom is 0.416 e. The maximum atomic E-state index is 13.0. The van der Waals surface area contributed by atoms with Crippen LogP contribution in [0.15, 0.2) is 60.0 Å². The van der Waals surface area contributed by atoms with Crippen LogP contribution >= 0.6 is 0 Å². The largest absolute Gasteiger partial charge is 0.416 e. The number of carbonyl (C=O) groups is 2. The number of benzene rings is 2. The van der Waals surface area contributed by atoms with Crippen molar-refractivity contribution in [2.45, 2.75) is 25.1 Å². The van der Waals surface area contributed by atoms with Crippen LogP contribution in [0.3, 0.4) is 0 Å². The fourth-order valence-electron chi connectivity index (χ4n) is 2.71. The molecule has 0 aliphatic heterocycles. The van der Waals surface area contributed by atoms with E-state index < -0.39 is 39.1 Å². The van der Waals surface area contributed by atoms with Crippen LogP contribution in [-0.2, 0) is 31.3 Å². The Morgan fingerprint density at radius 1 is 1.03 bits per heavy atom. The summed E-state index contributed by atoms with van der Waals surface area (Å²) < 4.78 is 65.2. The monoisotopic (exact) mass is 469 g/mol. The van der Waals surface area contributed by atoms with E-state index in [0.29, 0.717) is 5.56 Å². The average Bonchev–Trinajstić information content (AvgIpc) is 2.72. The van der Waals surface area contributed by atoms with Crippen molar-refractivity contribution >= 4 is 27.9 Å². The Morgan fingerprint density at radius 2 is 1.66 bits per heavy atom. The first-order valence-electron chi connectivity index (χ1n) is 9.35. The van der Waals surface area contributed by atoms with Crippen LogP contribution in [0.4, 0.5) is 13.2 Å². The summed E-state index contributed by atoms with van der Waals surface area (Å²) >= 11 is 0. The van der Waals surface area contributed by atoms with Crippen molar-refractivity contribution in [3.05, 3.63) is 76.7 Å². The molecule has 7 nitrogen and oxygen atoms in total. The van der Waals surface area contributed by atoms with E-state index in [0.717, 1.165) is 23.6 Å². The lowest BCUT2D eigenvalue weighted by Crippen LogP contribution is -2.53. The molecule has 1 atom stereocenters. The molecule has 0 saturated carbocycles. The fraction of sp³-hybridized carbons (Fsp3) is 0.238. The minimum Gasteiger partial charge on any atom is -0.367 e. The van der Waals surface area contributed by atoms with Gasteiger partial charge in [0.25, 0.3) is 0 Å². The average molecular weight is 469 g/mol. The number of primary amides is 1. The molecule has 172 valence electrons. The molecule has 11 heteroatoms. The number of nitrogens with one attached hydrogen (secondary N) is 2. The van der Waals surface area contributed by atoms with Crippen LogP contribution in [0.5, 0.6) is 0 Å². The minimum absolute atomic E-state index is 0.153. The molecule has 0 radical (unpaired) electrons. The smallest absolute Gasteiger partial charge is 0.367 e. The Labute approximate surface area is 183 Å². The number of alkyl halides is 3. The van der Waals surface area contributed by atoms with E-state index in [9.17, 15) is 31.2 Å². The number of hydrogen-bond acceptors (Lipinski definition) is 4. The highest BCUT2D eigenvalue weighted by Gasteiger charge is 2.37. The van der Waals surface area contributed by atoms with Gasteiger partial charge in [-0.15, -0.1) is 0 Å². The lowest BCUT2D eigenvalue weighted by atomic mass is 9.89. The number of carbonyl (C=O) groups excluding carboxylic acids is 2. The lowest BCUT2D eigenvalue weighted by molar-refractivity contribution is -0.138. The molecular weight excluding hydrogens is 447 g/mol. The highest BCUT2D eigenvalue weighted by molar-refractivity contribution is 7.92. The summed E-state index contributed by atoms with van der Waals surface area (Å²) in [7, 11) is -3.84. The van der Waals surface area contributed by atoms with Gasteiger partial charge in [-0.25, -0.2) is 13.1 Å². The van der Waals surface area contributed by atoms with Gasteiger partial charge in [0, 0.05) is 18.4 Å². The minimum atomic E-state index is -4.65. The van der Waals surface area contributed by atoms with Crippen LogP contribution in [-0.4, -0.2) is 26.8 Å². The van der Waals surface area contributed by atoms with E-state index in [1.165, 1.54) is 19.1 Å². The van der Waals surface area contributed by atoms with Gasteiger partial charge in [0.1, 0.15) is 5.54 Å². The molecule has 2 aromatic rings. The van der Waals surface area contributed by atoms with Crippen molar-refractivity contribution in [1.29, 1.82) is 0 Å². The van der Waals surface area contributed by atoms with Gasteiger partial charge in [-0.3, -0.25) is 9.59 Å². The summed E-state index contributed by atoms with van der Waals surface area (Å²) in [5, 5.41) is 3.24. The van der Waals surface area contributed by atoms with E-state index in [1.807, 2.05) is 0 Å². The van der Waals surface area contributed by atoms with Crippen molar-refractivity contribution in [2.24, 2.45) is 5.73 Å². The fourth-order valence-corrected chi connectivity index (χ4v) is 3.53. The van der Waals surface area contributed by atoms with Gasteiger partial charge in [0.2, 0.25) is 21.8 Å². The highest BCUT2D eigenvalue weighted by atomic mass is 32.2. The standard InChI is InChI=1S/C21H22F3N3O4S/c1-20(19(25)29,16-8-5-9-17(14-16)21(22,23)24)27-18(28)10-12-26-32(30,31)13-11-15-6-3-2-4-7-15/h2-9,11,13-14,26H,10,12H2,1H3,(H2,25,29)(H,27,28)/b13-11+. The third kappa shape index (κ3) is 6.92. The van der Waals surface area contributed by atoms with E-state index >= 15 is 0 Å². The second-order valence-corrected chi connectivity index (χ2v) is 8.67. The van der Waals surface area contributed by atoms with Gasteiger partial charge >= 0.3 is 6.18 Å². The molecule has 0 fully saturated rings. The Morgan fingerprint density at radius 3 is 2.25 bits per heavy atom. The second-order valence-electron chi connectivity index (χ2n) is 7.02. The van der Waals surface area contributed by atoms with Crippen molar-refractivity contribution in [3.8, 4) is 0 Å². The molecule has 2 rings (SSSR count). The molecule has 32 heavy (non-hydrogen) atoms. The van der Waals surface area contributed by atoms with E-state index in [-0.39, 0.29) is 18.5 Å². The zero-order chi connectivity index (χ0) is 24.0. The molecule has 0 aliphatic carbocycles.